The average Bonchev–Trinajstić information content (AvgIpc) is 2.36. The standard InChI is InChI=1S/C14H20INO/c1-6-10-17-12(8-3)14(11(5)7-2)16-13(15)9-4/h7-9H,3-4,6,10H2,1-2,5H3/b11-7-,14-12-,16-13?. The summed E-state index contributed by atoms with van der Waals surface area (Å²) in [6.45, 7) is 14.2. The van der Waals surface area contributed by atoms with Gasteiger partial charge in [0.2, 0.25) is 0 Å². The van der Waals surface area contributed by atoms with E-state index in [1.54, 1.807) is 12.2 Å². The molecule has 0 aromatic rings. The first-order valence-corrected chi connectivity index (χ1v) is 6.67. The van der Waals surface area contributed by atoms with Crippen molar-refractivity contribution < 1.29 is 4.74 Å². The van der Waals surface area contributed by atoms with E-state index in [2.05, 4.69) is 47.7 Å². The maximum absolute atomic E-state index is 5.65. The highest BCUT2D eigenvalue weighted by Gasteiger charge is 2.06. The lowest BCUT2D eigenvalue weighted by Gasteiger charge is -2.10. The van der Waals surface area contributed by atoms with Gasteiger partial charge in [0.05, 0.1) is 6.61 Å². The van der Waals surface area contributed by atoms with Crippen LogP contribution in [-0.2, 0) is 4.74 Å². The Morgan fingerprint density at radius 3 is 2.41 bits per heavy atom. The smallest absolute Gasteiger partial charge is 0.144 e. The minimum absolute atomic E-state index is 0.669. The van der Waals surface area contributed by atoms with Crippen LogP contribution in [0.1, 0.15) is 27.2 Å². The molecule has 0 aliphatic carbocycles. The molecule has 0 aromatic heterocycles. The summed E-state index contributed by atoms with van der Waals surface area (Å²) in [6, 6.07) is 0. The molecule has 0 N–H and O–H groups in total. The quantitative estimate of drug-likeness (QED) is 0.281. The molecule has 0 saturated heterocycles. The van der Waals surface area contributed by atoms with Crippen molar-refractivity contribution in [2.45, 2.75) is 27.2 Å². The summed E-state index contributed by atoms with van der Waals surface area (Å²) in [5, 5.41) is 0. The van der Waals surface area contributed by atoms with Gasteiger partial charge in [-0.15, -0.1) is 0 Å². The summed E-state index contributed by atoms with van der Waals surface area (Å²) in [6.07, 6.45) is 6.38. The Hall–Kier alpha value is -0.840. The maximum atomic E-state index is 5.65. The van der Waals surface area contributed by atoms with Crippen LogP contribution in [0.5, 0.6) is 0 Å². The first-order valence-electron chi connectivity index (χ1n) is 5.60. The van der Waals surface area contributed by atoms with Crippen LogP contribution in [-0.4, -0.2) is 10.3 Å². The van der Waals surface area contributed by atoms with Gasteiger partial charge in [0.1, 0.15) is 15.2 Å². The summed E-state index contributed by atoms with van der Waals surface area (Å²) >= 11 is 2.14. The van der Waals surface area contributed by atoms with Gasteiger partial charge in [0.25, 0.3) is 0 Å². The predicted octanol–water partition coefficient (Wildman–Crippen LogP) is 4.80. The third kappa shape index (κ3) is 5.86. The summed E-state index contributed by atoms with van der Waals surface area (Å²) in [7, 11) is 0. The van der Waals surface area contributed by atoms with Gasteiger partial charge in [-0.3, -0.25) is 0 Å². The van der Waals surface area contributed by atoms with Gasteiger partial charge in [0.15, 0.2) is 0 Å². The van der Waals surface area contributed by atoms with Crippen molar-refractivity contribution in [3.05, 3.63) is 48.4 Å². The fourth-order valence-corrected chi connectivity index (χ4v) is 1.30. The number of rotatable bonds is 7. The molecule has 0 spiro atoms. The van der Waals surface area contributed by atoms with Gasteiger partial charge >= 0.3 is 0 Å². The Morgan fingerprint density at radius 2 is 2.00 bits per heavy atom. The molecule has 0 aliphatic heterocycles. The number of halogens is 1. The zero-order chi connectivity index (χ0) is 13.3. The van der Waals surface area contributed by atoms with Crippen LogP contribution < -0.4 is 0 Å². The summed E-state index contributed by atoms with van der Waals surface area (Å²) in [5.74, 6) is 0.721. The first-order chi connectivity index (χ1) is 8.10. The van der Waals surface area contributed by atoms with Crippen LogP contribution in [0.15, 0.2) is 53.4 Å². The zero-order valence-electron chi connectivity index (χ0n) is 10.8. The molecule has 0 saturated carbocycles. The molecule has 17 heavy (non-hydrogen) atoms. The number of allylic oxidation sites excluding steroid dienone is 4. The van der Waals surface area contributed by atoms with Crippen molar-refractivity contribution >= 4 is 26.3 Å². The topological polar surface area (TPSA) is 21.6 Å². The highest BCUT2D eigenvalue weighted by molar-refractivity contribution is 14.1. The van der Waals surface area contributed by atoms with Gasteiger partial charge < -0.3 is 4.74 Å². The molecule has 0 heterocycles. The van der Waals surface area contributed by atoms with Crippen LogP contribution in [0.3, 0.4) is 0 Å². The molecule has 0 fully saturated rings. The number of nitrogens with zero attached hydrogens (tertiary/aromatic N) is 1. The third-order valence-electron chi connectivity index (χ3n) is 2.07. The molecule has 94 valence electrons. The Labute approximate surface area is 118 Å². The molecule has 0 unspecified atom stereocenters. The second kappa shape index (κ2) is 9.22. The van der Waals surface area contributed by atoms with E-state index in [4.69, 9.17) is 4.74 Å². The SMILES string of the molecule is C=CC(I)=NC(/C(C)=C\C)=C(/C=C)OCCC. The van der Waals surface area contributed by atoms with Gasteiger partial charge in [-0.05, 0) is 60.6 Å². The van der Waals surface area contributed by atoms with Crippen molar-refractivity contribution in [1.29, 1.82) is 0 Å². The van der Waals surface area contributed by atoms with Crippen molar-refractivity contribution in [1.82, 2.24) is 0 Å². The highest BCUT2D eigenvalue weighted by Crippen LogP contribution is 2.20. The van der Waals surface area contributed by atoms with E-state index in [1.807, 2.05) is 19.9 Å². The monoisotopic (exact) mass is 345 g/mol. The van der Waals surface area contributed by atoms with E-state index in [1.165, 1.54) is 0 Å². The zero-order valence-corrected chi connectivity index (χ0v) is 13.0. The molecule has 0 bridgehead atoms. The Kier molecular flexibility index (Phi) is 8.76. The van der Waals surface area contributed by atoms with Gasteiger partial charge in [-0.1, -0.05) is 26.2 Å². The Morgan fingerprint density at radius 1 is 1.35 bits per heavy atom. The van der Waals surface area contributed by atoms with Crippen molar-refractivity contribution in [2.24, 2.45) is 4.99 Å². The second-order valence-corrected chi connectivity index (χ2v) is 4.48. The van der Waals surface area contributed by atoms with Crippen molar-refractivity contribution in [3.63, 3.8) is 0 Å². The van der Waals surface area contributed by atoms with Crippen LogP contribution in [0.25, 0.3) is 0 Å². The predicted molar refractivity (Wildman–Crippen MR) is 84.5 cm³/mol. The normalized spacial score (nSPS) is 14.1. The van der Waals surface area contributed by atoms with Gasteiger partial charge in [-0.2, -0.15) is 0 Å². The minimum atomic E-state index is 0.669. The minimum Gasteiger partial charge on any atom is -0.491 e. The Balaban J connectivity index is 5.45. The van der Waals surface area contributed by atoms with E-state index < -0.39 is 0 Å². The molecular formula is C14H20INO. The lowest BCUT2D eigenvalue weighted by molar-refractivity contribution is 0.222. The number of ether oxygens (including phenoxy) is 1. The van der Waals surface area contributed by atoms with E-state index in [0.717, 1.165) is 27.2 Å². The van der Waals surface area contributed by atoms with Gasteiger partial charge in [-0.25, -0.2) is 4.99 Å². The van der Waals surface area contributed by atoms with Gasteiger partial charge in [0, 0.05) is 0 Å². The van der Waals surface area contributed by atoms with E-state index >= 15 is 0 Å². The molecule has 0 aromatic carbocycles. The van der Waals surface area contributed by atoms with Crippen molar-refractivity contribution in [3.8, 4) is 0 Å². The fourth-order valence-electron chi connectivity index (χ4n) is 1.06. The molecule has 3 heteroatoms. The second-order valence-electron chi connectivity index (χ2n) is 3.38. The van der Waals surface area contributed by atoms with Crippen molar-refractivity contribution in [2.75, 3.05) is 6.61 Å². The summed E-state index contributed by atoms with van der Waals surface area (Å²) in [4.78, 5) is 4.49. The molecule has 2 nitrogen and oxygen atoms in total. The van der Waals surface area contributed by atoms with E-state index in [-0.39, 0.29) is 0 Å². The molecule has 0 amide bonds. The molecule has 0 atom stereocenters. The lowest BCUT2D eigenvalue weighted by atomic mass is 10.2. The first kappa shape index (κ1) is 16.2. The number of aliphatic imine (C=N–C) groups is 1. The molecule has 0 rings (SSSR count). The molecular weight excluding hydrogens is 325 g/mol. The largest absolute Gasteiger partial charge is 0.491 e. The molecule has 0 radical (unpaired) electrons. The van der Waals surface area contributed by atoms with Crippen LogP contribution in [0, 0.1) is 0 Å². The van der Waals surface area contributed by atoms with Crippen LogP contribution in [0.2, 0.25) is 0 Å². The summed E-state index contributed by atoms with van der Waals surface area (Å²) in [5.41, 5.74) is 1.88. The molecule has 0 aliphatic rings. The number of hydrogen-bond acceptors (Lipinski definition) is 2. The number of hydrogen-bond donors (Lipinski definition) is 0. The van der Waals surface area contributed by atoms with Crippen LogP contribution >= 0.6 is 22.6 Å². The van der Waals surface area contributed by atoms with E-state index in [0.29, 0.717) is 6.61 Å². The van der Waals surface area contributed by atoms with E-state index in [9.17, 15) is 0 Å². The Bertz CT molecular complexity index is 364. The average molecular weight is 345 g/mol. The maximum Gasteiger partial charge on any atom is 0.144 e. The fraction of sp³-hybridized carbons (Fsp3) is 0.357. The third-order valence-corrected chi connectivity index (χ3v) is 2.76. The highest BCUT2D eigenvalue weighted by atomic mass is 127. The summed E-state index contributed by atoms with van der Waals surface area (Å²) < 4.78 is 6.48. The lowest BCUT2D eigenvalue weighted by Crippen LogP contribution is -1.98. The van der Waals surface area contributed by atoms with Crippen LogP contribution in [0.4, 0.5) is 0 Å².